The molecule has 1 fully saturated rings. The summed E-state index contributed by atoms with van der Waals surface area (Å²) in [5.41, 5.74) is 1.04. The molecule has 1 amide bonds. The number of halogens is 3. The minimum absolute atomic E-state index is 0.186. The van der Waals surface area contributed by atoms with Crippen molar-refractivity contribution in [2.45, 2.75) is 24.9 Å². The fourth-order valence-corrected chi connectivity index (χ4v) is 2.29. The highest BCUT2D eigenvalue weighted by molar-refractivity contribution is 5.95. The van der Waals surface area contributed by atoms with Crippen molar-refractivity contribution in [1.82, 2.24) is 5.32 Å². The molecule has 1 aliphatic heterocycles. The van der Waals surface area contributed by atoms with Gasteiger partial charge >= 0.3 is 12.1 Å². The topological polar surface area (TPSA) is 41.1 Å². The van der Waals surface area contributed by atoms with Crippen LogP contribution in [0.15, 0.2) is 24.3 Å². The third-order valence-corrected chi connectivity index (χ3v) is 3.25. The van der Waals surface area contributed by atoms with Gasteiger partial charge in [0.1, 0.15) is 0 Å². The lowest BCUT2D eigenvalue weighted by Gasteiger charge is -2.25. The lowest BCUT2D eigenvalue weighted by molar-refractivity contribution is -0.167. The summed E-state index contributed by atoms with van der Waals surface area (Å²) in [6.07, 6.45) is -3.14. The molecule has 2 N–H and O–H groups in total. The van der Waals surface area contributed by atoms with E-state index in [-0.39, 0.29) is 11.6 Å². The molecular weight excluding hydrogens is 257 g/mol. The number of carbonyl (C=O) groups excluding carboxylic acids is 1. The van der Waals surface area contributed by atoms with Crippen LogP contribution in [0.2, 0.25) is 0 Å². The van der Waals surface area contributed by atoms with Crippen LogP contribution in [0.3, 0.4) is 0 Å². The van der Waals surface area contributed by atoms with E-state index in [4.69, 9.17) is 0 Å². The Hall–Kier alpha value is -1.56. The lowest BCUT2D eigenvalue weighted by atomic mass is 9.89. The van der Waals surface area contributed by atoms with Crippen LogP contribution in [-0.4, -0.2) is 25.2 Å². The molecule has 19 heavy (non-hydrogen) atoms. The maximum absolute atomic E-state index is 12.3. The zero-order chi connectivity index (χ0) is 13.9. The number of carbonyl (C=O) groups is 1. The quantitative estimate of drug-likeness (QED) is 0.869. The number of anilines is 1. The Balaban J connectivity index is 2.18. The first-order valence-corrected chi connectivity index (χ1v) is 6.16. The van der Waals surface area contributed by atoms with Crippen LogP contribution in [0.25, 0.3) is 0 Å². The summed E-state index contributed by atoms with van der Waals surface area (Å²) >= 11 is 0. The zero-order valence-electron chi connectivity index (χ0n) is 10.3. The molecule has 6 heteroatoms. The maximum Gasteiger partial charge on any atom is 0.471 e. The van der Waals surface area contributed by atoms with E-state index in [0.717, 1.165) is 31.5 Å². The van der Waals surface area contributed by atoms with E-state index in [9.17, 15) is 18.0 Å². The summed E-state index contributed by atoms with van der Waals surface area (Å²) in [5, 5.41) is 5.17. The molecule has 0 radical (unpaired) electrons. The van der Waals surface area contributed by atoms with Crippen LogP contribution in [0.1, 0.15) is 24.3 Å². The van der Waals surface area contributed by atoms with Gasteiger partial charge in [0.15, 0.2) is 0 Å². The summed E-state index contributed by atoms with van der Waals surface area (Å²) in [5.74, 6) is -1.74. The van der Waals surface area contributed by atoms with Crippen molar-refractivity contribution in [3.63, 3.8) is 0 Å². The molecule has 1 aliphatic rings. The molecule has 0 bridgehead atoms. The van der Waals surface area contributed by atoms with Gasteiger partial charge in [-0.2, -0.15) is 13.2 Å². The van der Waals surface area contributed by atoms with Crippen LogP contribution in [0.5, 0.6) is 0 Å². The van der Waals surface area contributed by atoms with E-state index < -0.39 is 12.1 Å². The van der Waals surface area contributed by atoms with Crippen molar-refractivity contribution < 1.29 is 18.0 Å². The Morgan fingerprint density at radius 3 is 2.47 bits per heavy atom. The summed E-state index contributed by atoms with van der Waals surface area (Å²) < 4.78 is 36.9. The minimum atomic E-state index is -4.86. The molecule has 0 saturated carbocycles. The number of alkyl halides is 3. The van der Waals surface area contributed by atoms with Gasteiger partial charge in [0.25, 0.3) is 0 Å². The van der Waals surface area contributed by atoms with Crippen molar-refractivity contribution >= 4 is 11.6 Å². The van der Waals surface area contributed by atoms with Crippen molar-refractivity contribution in [1.29, 1.82) is 0 Å². The second kappa shape index (κ2) is 5.61. The highest BCUT2D eigenvalue weighted by Crippen LogP contribution is 2.31. The third kappa shape index (κ3) is 3.47. The average Bonchev–Trinajstić information content (AvgIpc) is 2.39. The van der Waals surface area contributed by atoms with Crippen LogP contribution in [0.4, 0.5) is 18.9 Å². The van der Waals surface area contributed by atoms with E-state index in [1.165, 1.54) is 6.07 Å². The van der Waals surface area contributed by atoms with Crippen LogP contribution in [-0.2, 0) is 4.79 Å². The Kier molecular flexibility index (Phi) is 4.09. The first-order valence-electron chi connectivity index (χ1n) is 6.16. The SMILES string of the molecule is O=C(Nc1ccccc1C1CCNCC1)C(F)(F)F. The normalized spacial score (nSPS) is 17.2. The van der Waals surface area contributed by atoms with Gasteiger partial charge in [0.2, 0.25) is 0 Å². The van der Waals surface area contributed by atoms with E-state index in [1.807, 2.05) is 5.32 Å². The molecule has 0 aromatic heterocycles. The van der Waals surface area contributed by atoms with Gasteiger partial charge in [0.05, 0.1) is 0 Å². The molecule has 3 nitrogen and oxygen atoms in total. The van der Waals surface area contributed by atoms with Gasteiger partial charge in [-0.25, -0.2) is 0 Å². The molecule has 1 aromatic rings. The Morgan fingerprint density at radius 1 is 1.21 bits per heavy atom. The second-order valence-corrected chi connectivity index (χ2v) is 4.56. The number of hydrogen-bond acceptors (Lipinski definition) is 2. The lowest BCUT2D eigenvalue weighted by Crippen LogP contribution is -2.31. The highest BCUT2D eigenvalue weighted by atomic mass is 19.4. The number of piperidine rings is 1. The fraction of sp³-hybridized carbons (Fsp3) is 0.462. The van der Waals surface area contributed by atoms with Crippen molar-refractivity contribution in [3.05, 3.63) is 29.8 Å². The van der Waals surface area contributed by atoms with E-state index in [0.29, 0.717) is 0 Å². The van der Waals surface area contributed by atoms with E-state index in [1.54, 1.807) is 18.2 Å². The highest BCUT2D eigenvalue weighted by Gasteiger charge is 2.39. The average molecular weight is 272 g/mol. The minimum Gasteiger partial charge on any atom is -0.318 e. The summed E-state index contributed by atoms with van der Waals surface area (Å²) in [7, 11) is 0. The van der Waals surface area contributed by atoms with Gasteiger partial charge < -0.3 is 10.6 Å². The number of para-hydroxylation sites is 1. The summed E-state index contributed by atoms with van der Waals surface area (Å²) in [6, 6.07) is 6.69. The van der Waals surface area contributed by atoms with Gasteiger partial charge in [-0.1, -0.05) is 18.2 Å². The smallest absolute Gasteiger partial charge is 0.318 e. The Morgan fingerprint density at radius 2 is 1.84 bits per heavy atom. The monoisotopic (exact) mass is 272 g/mol. The van der Waals surface area contributed by atoms with E-state index in [2.05, 4.69) is 5.32 Å². The van der Waals surface area contributed by atoms with Gasteiger partial charge in [-0.3, -0.25) is 4.79 Å². The van der Waals surface area contributed by atoms with Gasteiger partial charge in [0, 0.05) is 5.69 Å². The van der Waals surface area contributed by atoms with Gasteiger partial charge in [-0.05, 0) is 43.5 Å². The number of amides is 1. The first kappa shape index (κ1) is 13.9. The largest absolute Gasteiger partial charge is 0.471 e. The maximum atomic E-state index is 12.3. The zero-order valence-corrected chi connectivity index (χ0v) is 10.3. The standard InChI is InChI=1S/C13H15F3N2O/c14-13(15,16)12(19)18-11-4-2-1-3-10(11)9-5-7-17-8-6-9/h1-4,9,17H,5-8H2,(H,18,19). The van der Waals surface area contributed by atoms with Crippen molar-refractivity contribution in [2.24, 2.45) is 0 Å². The number of rotatable bonds is 2. The number of hydrogen-bond donors (Lipinski definition) is 2. The molecule has 0 aliphatic carbocycles. The molecule has 1 saturated heterocycles. The molecule has 2 rings (SSSR count). The van der Waals surface area contributed by atoms with Crippen LogP contribution >= 0.6 is 0 Å². The molecule has 0 atom stereocenters. The number of nitrogens with one attached hydrogen (secondary N) is 2. The van der Waals surface area contributed by atoms with Crippen LogP contribution in [0, 0.1) is 0 Å². The van der Waals surface area contributed by atoms with E-state index >= 15 is 0 Å². The summed E-state index contributed by atoms with van der Waals surface area (Å²) in [4.78, 5) is 11.0. The van der Waals surface area contributed by atoms with Crippen LogP contribution < -0.4 is 10.6 Å². The Labute approximate surface area is 109 Å². The predicted molar refractivity (Wildman–Crippen MR) is 66.0 cm³/mol. The molecule has 0 spiro atoms. The molecule has 1 aromatic carbocycles. The predicted octanol–water partition coefficient (Wildman–Crippen LogP) is 2.65. The second-order valence-electron chi connectivity index (χ2n) is 4.56. The number of benzene rings is 1. The van der Waals surface area contributed by atoms with Crippen molar-refractivity contribution in [3.8, 4) is 0 Å². The molecular formula is C13H15F3N2O. The first-order chi connectivity index (χ1) is 8.98. The van der Waals surface area contributed by atoms with Gasteiger partial charge in [-0.15, -0.1) is 0 Å². The molecule has 104 valence electrons. The molecule has 1 heterocycles. The molecule has 0 unspecified atom stereocenters. The summed E-state index contributed by atoms with van der Waals surface area (Å²) in [6.45, 7) is 1.68. The Bertz CT molecular complexity index is 453. The van der Waals surface area contributed by atoms with Crippen molar-refractivity contribution in [2.75, 3.05) is 18.4 Å². The third-order valence-electron chi connectivity index (χ3n) is 3.25. The fourth-order valence-electron chi connectivity index (χ4n) is 2.29.